The average molecular weight is 333 g/mol. The zero-order valence-electron chi connectivity index (χ0n) is 14.0. The Bertz CT molecular complexity index is 613. The number of hydrogen-bond donors (Lipinski definition) is 2. The van der Waals surface area contributed by atoms with Crippen LogP contribution in [-0.4, -0.2) is 60.0 Å². The van der Waals surface area contributed by atoms with Crippen LogP contribution in [0.1, 0.15) is 28.8 Å². The molecule has 3 amide bonds. The van der Waals surface area contributed by atoms with Gasteiger partial charge in [-0.1, -0.05) is 12.1 Å². The first-order valence-corrected chi connectivity index (χ1v) is 7.94. The Balaban J connectivity index is 1.87. The number of nitrogens with zero attached hydrogens (tertiary/aromatic N) is 2. The largest absolute Gasteiger partial charge is 0.478 e. The van der Waals surface area contributed by atoms with E-state index in [1.807, 2.05) is 0 Å². The molecule has 0 saturated carbocycles. The SMILES string of the molecule is CN(C)C(=O)N1CCC[C@@H](C(=O)NCc2ccc(C(=O)O)cc2)C1. The first kappa shape index (κ1) is 17.8. The number of benzene rings is 1. The molecule has 0 spiro atoms. The highest BCUT2D eigenvalue weighted by atomic mass is 16.4. The molecule has 1 aliphatic heterocycles. The van der Waals surface area contributed by atoms with Gasteiger partial charge in [-0.2, -0.15) is 0 Å². The molecule has 1 fully saturated rings. The molecule has 1 aromatic rings. The Morgan fingerprint density at radius 1 is 1.25 bits per heavy atom. The van der Waals surface area contributed by atoms with Crippen LogP contribution in [0.25, 0.3) is 0 Å². The number of rotatable bonds is 4. The molecule has 1 atom stereocenters. The fraction of sp³-hybridized carbons (Fsp3) is 0.471. The Morgan fingerprint density at radius 3 is 2.50 bits per heavy atom. The fourth-order valence-corrected chi connectivity index (χ4v) is 2.75. The Hall–Kier alpha value is -2.57. The van der Waals surface area contributed by atoms with Gasteiger partial charge in [-0.15, -0.1) is 0 Å². The highest BCUT2D eigenvalue weighted by molar-refractivity contribution is 5.87. The lowest BCUT2D eigenvalue weighted by Gasteiger charge is -2.33. The summed E-state index contributed by atoms with van der Waals surface area (Å²) in [6.07, 6.45) is 1.58. The van der Waals surface area contributed by atoms with Gasteiger partial charge in [0.25, 0.3) is 0 Å². The van der Waals surface area contributed by atoms with E-state index in [2.05, 4.69) is 5.32 Å². The first-order chi connectivity index (χ1) is 11.4. The second-order valence-corrected chi connectivity index (χ2v) is 6.18. The van der Waals surface area contributed by atoms with E-state index in [-0.39, 0.29) is 23.4 Å². The number of hydrogen-bond acceptors (Lipinski definition) is 3. The summed E-state index contributed by atoms with van der Waals surface area (Å²) in [4.78, 5) is 38.4. The minimum Gasteiger partial charge on any atom is -0.478 e. The maximum Gasteiger partial charge on any atom is 0.335 e. The van der Waals surface area contributed by atoms with Crippen molar-refractivity contribution < 1.29 is 19.5 Å². The average Bonchev–Trinajstić information content (AvgIpc) is 2.59. The Morgan fingerprint density at radius 2 is 1.92 bits per heavy atom. The van der Waals surface area contributed by atoms with Crippen LogP contribution in [0, 0.1) is 5.92 Å². The molecule has 0 unspecified atom stereocenters. The summed E-state index contributed by atoms with van der Waals surface area (Å²) in [7, 11) is 3.40. The molecule has 2 rings (SSSR count). The van der Waals surface area contributed by atoms with E-state index in [4.69, 9.17) is 5.11 Å². The predicted octanol–water partition coefficient (Wildman–Crippen LogP) is 1.39. The summed E-state index contributed by atoms with van der Waals surface area (Å²) in [5.74, 6) is -1.26. The topological polar surface area (TPSA) is 90.0 Å². The fourth-order valence-electron chi connectivity index (χ4n) is 2.75. The van der Waals surface area contributed by atoms with Gasteiger partial charge in [0.15, 0.2) is 0 Å². The van der Waals surface area contributed by atoms with Crippen LogP contribution in [-0.2, 0) is 11.3 Å². The molecule has 1 aromatic carbocycles. The van der Waals surface area contributed by atoms with Gasteiger partial charge >= 0.3 is 12.0 Å². The van der Waals surface area contributed by atoms with Gasteiger partial charge in [-0.25, -0.2) is 9.59 Å². The van der Waals surface area contributed by atoms with E-state index in [1.165, 1.54) is 17.0 Å². The highest BCUT2D eigenvalue weighted by Crippen LogP contribution is 2.18. The Kier molecular flexibility index (Phi) is 5.78. The summed E-state index contributed by atoms with van der Waals surface area (Å²) in [5.41, 5.74) is 1.06. The summed E-state index contributed by atoms with van der Waals surface area (Å²) in [5, 5.41) is 11.7. The number of aromatic carboxylic acids is 1. The van der Waals surface area contributed by atoms with Crippen LogP contribution in [0.4, 0.5) is 4.79 Å². The van der Waals surface area contributed by atoms with Gasteiger partial charge in [0.2, 0.25) is 5.91 Å². The number of piperidine rings is 1. The van der Waals surface area contributed by atoms with Crippen molar-refractivity contribution in [2.45, 2.75) is 19.4 Å². The lowest BCUT2D eigenvalue weighted by atomic mass is 9.97. The molecule has 7 heteroatoms. The summed E-state index contributed by atoms with van der Waals surface area (Å²) < 4.78 is 0. The molecule has 2 N–H and O–H groups in total. The van der Waals surface area contributed by atoms with E-state index < -0.39 is 5.97 Å². The van der Waals surface area contributed by atoms with E-state index in [9.17, 15) is 14.4 Å². The molecule has 0 radical (unpaired) electrons. The predicted molar refractivity (Wildman–Crippen MR) is 88.6 cm³/mol. The minimum atomic E-state index is -0.974. The van der Waals surface area contributed by atoms with E-state index in [0.29, 0.717) is 19.6 Å². The molecule has 1 aliphatic rings. The van der Waals surface area contributed by atoms with E-state index >= 15 is 0 Å². The number of urea groups is 1. The lowest BCUT2D eigenvalue weighted by Crippen LogP contribution is -2.48. The molecule has 1 heterocycles. The van der Waals surface area contributed by atoms with E-state index in [1.54, 1.807) is 31.1 Å². The second kappa shape index (κ2) is 7.81. The molecule has 7 nitrogen and oxygen atoms in total. The first-order valence-electron chi connectivity index (χ1n) is 7.94. The molecule has 0 aliphatic carbocycles. The minimum absolute atomic E-state index is 0.0724. The molecule has 130 valence electrons. The highest BCUT2D eigenvalue weighted by Gasteiger charge is 2.28. The normalized spacial score (nSPS) is 17.2. The quantitative estimate of drug-likeness (QED) is 0.871. The number of carbonyl (C=O) groups excluding carboxylic acids is 2. The summed E-state index contributed by atoms with van der Waals surface area (Å²) in [6, 6.07) is 6.33. The van der Waals surface area contributed by atoms with Crippen molar-refractivity contribution in [3.63, 3.8) is 0 Å². The van der Waals surface area contributed by atoms with Gasteiger partial charge in [0, 0.05) is 33.7 Å². The smallest absolute Gasteiger partial charge is 0.335 e. The number of carboxylic acids is 1. The number of likely N-dealkylation sites (tertiary alicyclic amines) is 1. The third-order valence-corrected chi connectivity index (χ3v) is 4.11. The Labute approximate surface area is 141 Å². The van der Waals surface area contributed by atoms with Crippen LogP contribution in [0.2, 0.25) is 0 Å². The number of amides is 3. The van der Waals surface area contributed by atoms with Crippen molar-refractivity contribution in [1.29, 1.82) is 0 Å². The number of carbonyl (C=O) groups is 3. The van der Waals surface area contributed by atoms with Crippen LogP contribution >= 0.6 is 0 Å². The monoisotopic (exact) mass is 333 g/mol. The van der Waals surface area contributed by atoms with Crippen LogP contribution in [0.3, 0.4) is 0 Å². The molecule has 0 bridgehead atoms. The van der Waals surface area contributed by atoms with E-state index in [0.717, 1.165) is 18.4 Å². The van der Waals surface area contributed by atoms with Gasteiger partial charge in [0.1, 0.15) is 0 Å². The van der Waals surface area contributed by atoms with Gasteiger partial charge in [-0.05, 0) is 30.5 Å². The zero-order valence-corrected chi connectivity index (χ0v) is 14.0. The maximum atomic E-state index is 12.3. The number of nitrogens with one attached hydrogen (secondary N) is 1. The van der Waals surface area contributed by atoms with Crippen molar-refractivity contribution in [2.24, 2.45) is 5.92 Å². The standard InChI is InChI=1S/C17H23N3O4/c1-19(2)17(24)20-9-3-4-14(11-20)15(21)18-10-12-5-7-13(8-6-12)16(22)23/h5-8,14H,3-4,9-11H2,1-2H3,(H,18,21)(H,22,23)/t14-/m1/s1. The summed E-state index contributed by atoms with van der Waals surface area (Å²) >= 11 is 0. The van der Waals surface area contributed by atoms with Crippen LogP contribution in [0.5, 0.6) is 0 Å². The maximum absolute atomic E-state index is 12.3. The van der Waals surface area contributed by atoms with Crippen LogP contribution in [0.15, 0.2) is 24.3 Å². The van der Waals surface area contributed by atoms with Gasteiger partial charge < -0.3 is 20.2 Å². The van der Waals surface area contributed by atoms with Gasteiger partial charge in [-0.3, -0.25) is 4.79 Å². The lowest BCUT2D eigenvalue weighted by molar-refractivity contribution is -0.126. The third-order valence-electron chi connectivity index (χ3n) is 4.11. The van der Waals surface area contributed by atoms with Crippen molar-refractivity contribution in [3.05, 3.63) is 35.4 Å². The molecular formula is C17H23N3O4. The van der Waals surface area contributed by atoms with Crippen LogP contribution < -0.4 is 5.32 Å². The molecule has 24 heavy (non-hydrogen) atoms. The van der Waals surface area contributed by atoms with Crippen molar-refractivity contribution >= 4 is 17.9 Å². The van der Waals surface area contributed by atoms with Gasteiger partial charge in [0.05, 0.1) is 11.5 Å². The zero-order chi connectivity index (χ0) is 17.7. The molecule has 0 aromatic heterocycles. The van der Waals surface area contributed by atoms with Crippen molar-refractivity contribution in [3.8, 4) is 0 Å². The number of carboxylic acid groups (broad SMARTS) is 1. The third kappa shape index (κ3) is 4.47. The van der Waals surface area contributed by atoms with Crippen molar-refractivity contribution in [1.82, 2.24) is 15.1 Å². The summed E-state index contributed by atoms with van der Waals surface area (Å²) in [6.45, 7) is 1.45. The second-order valence-electron chi connectivity index (χ2n) is 6.18. The molecule has 1 saturated heterocycles. The van der Waals surface area contributed by atoms with Crippen molar-refractivity contribution in [2.75, 3.05) is 27.2 Å². The molecular weight excluding hydrogens is 310 g/mol.